The second kappa shape index (κ2) is 7.41. The van der Waals surface area contributed by atoms with E-state index in [1.165, 1.54) is 17.0 Å². The van der Waals surface area contributed by atoms with E-state index >= 15 is 0 Å². The van der Waals surface area contributed by atoms with E-state index in [9.17, 15) is 19.7 Å². The molecule has 1 aromatic carbocycles. The zero-order chi connectivity index (χ0) is 17.7. The fourth-order valence-corrected chi connectivity index (χ4v) is 2.49. The number of nitro groups is 1. The Hall–Kier alpha value is -3.15. The van der Waals surface area contributed by atoms with Crippen molar-refractivity contribution < 1.29 is 14.5 Å². The lowest BCUT2D eigenvalue weighted by Gasteiger charge is -2.34. The Morgan fingerprint density at radius 2 is 1.92 bits per heavy atom. The highest BCUT2D eigenvalue weighted by Crippen LogP contribution is 2.25. The number of nitriles is 1. The highest BCUT2D eigenvalue weighted by Gasteiger charge is 2.24. The van der Waals surface area contributed by atoms with Crippen LogP contribution >= 0.6 is 0 Å². The van der Waals surface area contributed by atoms with Gasteiger partial charge in [-0.1, -0.05) is 6.07 Å². The molecule has 126 valence electrons. The van der Waals surface area contributed by atoms with Crippen LogP contribution in [0.1, 0.15) is 12.0 Å². The molecule has 3 amide bonds. The zero-order valence-electron chi connectivity index (χ0n) is 13.2. The number of nitrogens with zero attached hydrogens (tertiary/aromatic N) is 4. The number of anilines is 1. The Balaban J connectivity index is 1.98. The van der Waals surface area contributed by atoms with Crippen molar-refractivity contribution in [3.63, 3.8) is 0 Å². The van der Waals surface area contributed by atoms with Gasteiger partial charge in [0, 0.05) is 32.2 Å². The number of carbonyl (C=O) groups is 2. The molecule has 2 rings (SSSR count). The van der Waals surface area contributed by atoms with E-state index in [0.717, 1.165) is 0 Å². The minimum Gasteiger partial charge on any atom is -0.338 e. The van der Waals surface area contributed by atoms with E-state index in [1.54, 1.807) is 17.9 Å². The molecule has 24 heavy (non-hydrogen) atoms. The number of benzene rings is 1. The van der Waals surface area contributed by atoms with Gasteiger partial charge in [0.15, 0.2) is 0 Å². The first-order chi connectivity index (χ1) is 11.4. The fourth-order valence-electron chi connectivity index (χ4n) is 2.49. The first kappa shape index (κ1) is 17.2. The van der Waals surface area contributed by atoms with Gasteiger partial charge in [-0.2, -0.15) is 5.26 Å². The van der Waals surface area contributed by atoms with Crippen molar-refractivity contribution in [2.45, 2.75) is 13.3 Å². The van der Waals surface area contributed by atoms with Crippen molar-refractivity contribution >= 4 is 23.3 Å². The lowest BCUT2D eigenvalue weighted by molar-refractivity contribution is -0.385. The summed E-state index contributed by atoms with van der Waals surface area (Å²) >= 11 is 0. The van der Waals surface area contributed by atoms with Gasteiger partial charge in [0.05, 0.1) is 22.2 Å². The van der Waals surface area contributed by atoms with Crippen molar-refractivity contribution in [1.29, 1.82) is 5.26 Å². The maximum absolute atomic E-state index is 12.3. The van der Waals surface area contributed by atoms with Crippen LogP contribution in [-0.4, -0.2) is 52.8 Å². The number of nitrogens with one attached hydrogen (secondary N) is 1. The monoisotopic (exact) mass is 331 g/mol. The third-order valence-corrected chi connectivity index (χ3v) is 3.89. The van der Waals surface area contributed by atoms with Crippen LogP contribution in [0.2, 0.25) is 0 Å². The maximum Gasteiger partial charge on any atom is 0.321 e. The fraction of sp³-hybridized carbons (Fsp3) is 0.400. The molecular weight excluding hydrogens is 314 g/mol. The van der Waals surface area contributed by atoms with Crippen molar-refractivity contribution in [2.24, 2.45) is 0 Å². The highest BCUT2D eigenvalue weighted by molar-refractivity contribution is 5.91. The summed E-state index contributed by atoms with van der Waals surface area (Å²) in [5, 5.41) is 22.1. The van der Waals surface area contributed by atoms with Crippen LogP contribution in [0.4, 0.5) is 16.2 Å². The van der Waals surface area contributed by atoms with Gasteiger partial charge >= 0.3 is 6.03 Å². The molecule has 1 aliphatic rings. The van der Waals surface area contributed by atoms with E-state index in [4.69, 9.17) is 5.26 Å². The number of rotatable bonds is 3. The number of hydrogen-bond acceptors (Lipinski definition) is 5. The lowest BCUT2D eigenvalue weighted by Crippen LogP contribution is -2.51. The second-order valence-electron chi connectivity index (χ2n) is 5.34. The van der Waals surface area contributed by atoms with Gasteiger partial charge in [0.1, 0.15) is 6.42 Å². The first-order valence-corrected chi connectivity index (χ1v) is 7.38. The lowest BCUT2D eigenvalue weighted by atomic mass is 10.1. The molecule has 1 heterocycles. The molecule has 1 fully saturated rings. The molecular formula is C15H17N5O4. The molecule has 1 N–H and O–H groups in total. The smallest absolute Gasteiger partial charge is 0.321 e. The molecule has 1 aliphatic heterocycles. The van der Waals surface area contributed by atoms with Gasteiger partial charge in [-0.3, -0.25) is 14.9 Å². The normalized spacial score (nSPS) is 14.0. The third-order valence-electron chi connectivity index (χ3n) is 3.89. The summed E-state index contributed by atoms with van der Waals surface area (Å²) in [5.74, 6) is -0.243. The number of nitro benzene ring substituents is 1. The van der Waals surface area contributed by atoms with Crippen LogP contribution in [0.25, 0.3) is 0 Å². The summed E-state index contributed by atoms with van der Waals surface area (Å²) in [4.78, 5) is 37.4. The van der Waals surface area contributed by atoms with E-state index in [2.05, 4.69) is 5.32 Å². The van der Waals surface area contributed by atoms with E-state index in [-0.39, 0.29) is 24.0 Å². The Bertz CT molecular complexity index is 704. The van der Waals surface area contributed by atoms with Gasteiger partial charge in [0.25, 0.3) is 5.69 Å². The minimum atomic E-state index is -0.495. The molecule has 0 bridgehead atoms. The van der Waals surface area contributed by atoms with Crippen LogP contribution in [0.15, 0.2) is 18.2 Å². The largest absolute Gasteiger partial charge is 0.338 e. The molecule has 1 aromatic rings. The van der Waals surface area contributed by atoms with Gasteiger partial charge < -0.3 is 15.1 Å². The molecule has 0 radical (unpaired) electrons. The quantitative estimate of drug-likeness (QED) is 0.664. The summed E-state index contributed by atoms with van der Waals surface area (Å²) < 4.78 is 0. The number of urea groups is 1. The number of carbonyl (C=O) groups excluding carboxylic acids is 2. The summed E-state index contributed by atoms with van der Waals surface area (Å²) in [6.45, 7) is 2.99. The molecule has 0 spiro atoms. The van der Waals surface area contributed by atoms with Gasteiger partial charge in [-0.15, -0.1) is 0 Å². The predicted octanol–water partition coefficient (Wildman–Crippen LogP) is 1.49. The number of piperazine rings is 1. The molecule has 0 aliphatic carbocycles. The van der Waals surface area contributed by atoms with E-state index < -0.39 is 4.92 Å². The SMILES string of the molecule is Cc1c(NC(=O)N2CCN(C(=O)CC#N)CC2)cccc1[N+](=O)[O-]. The van der Waals surface area contributed by atoms with Gasteiger partial charge in [-0.25, -0.2) is 4.79 Å². The topological polar surface area (TPSA) is 120 Å². The Kier molecular flexibility index (Phi) is 5.31. The van der Waals surface area contributed by atoms with Crippen LogP contribution in [0.3, 0.4) is 0 Å². The van der Waals surface area contributed by atoms with Crippen molar-refractivity contribution in [2.75, 3.05) is 31.5 Å². The maximum atomic E-state index is 12.3. The first-order valence-electron chi connectivity index (χ1n) is 7.38. The van der Waals surface area contributed by atoms with Crippen molar-refractivity contribution in [3.05, 3.63) is 33.9 Å². The predicted molar refractivity (Wildman–Crippen MR) is 85.2 cm³/mol. The Morgan fingerprint density at radius 1 is 1.29 bits per heavy atom. The minimum absolute atomic E-state index is 0.0558. The molecule has 0 saturated carbocycles. The van der Waals surface area contributed by atoms with E-state index in [1.807, 2.05) is 6.07 Å². The molecule has 0 aromatic heterocycles. The molecule has 0 atom stereocenters. The molecule has 1 saturated heterocycles. The van der Waals surface area contributed by atoms with Crippen LogP contribution in [0.5, 0.6) is 0 Å². The summed E-state index contributed by atoms with van der Waals surface area (Å²) in [7, 11) is 0. The average molecular weight is 331 g/mol. The number of amides is 3. The summed E-state index contributed by atoms with van der Waals surface area (Å²) in [5.41, 5.74) is 0.718. The highest BCUT2D eigenvalue weighted by atomic mass is 16.6. The summed E-state index contributed by atoms with van der Waals surface area (Å²) in [6, 6.07) is 5.94. The molecule has 9 nitrogen and oxygen atoms in total. The second-order valence-corrected chi connectivity index (χ2v) is 5.34. The van der Waals surface area contributed by atoms with Crippen LogP contribution in [0, 0.1) is 28.4 Å². The summed E-state index contributed by atoms with van der Waals surface area (Å²) in [6.07, 6.45) is -0.168. The standard InChI is InChI=1S/C15H17N5O4/c1-11-12(3-2-4-13(11)20(23)24)17-15(22)19-9-7-18(8-10-19)14(21)5-6-16/h2-4H,5,7-10H2,1H3,(H,17,22). The van der Waals surface area contributed by atoms with Crippen molar-refractivity contribution in [1.82, 2.24) is 9.80 Å². The Morgan fingerprint density at radius 3 is 2.50 bits per heavy atom. The van der Waals surface area contributed by atoms with E-state index in [0.29, 0.717) is 37.4 Å². The number of hydrogen-bond donors (Lipinski definition) is 1. The van der Waals surface area contributed by atoms with Crippen molar-refractivity contribution in [3.8, 4) is 6.07 Å². The van der Waals surface area contributed by atoms with Gasteiger partial charge in [0.2, 0.25) is 5.91 Å². The Labute approximate surface area is 138 Å². The van der Waals surface area contributed by atoms with Crippen LogP contribution < -0.4 is 5.32 Å². The third kappa shape index (κ3) is 3.78. The molecule has 9 heteroatoms. The zero-order valence-corrected chi connectivity index (χ0v) is 13.2. The molecule has 0 unspecified atom stereocenters. The average Bonchev–Trinajstić information content (AvgIpc) is 2.56. The van der Waals surface area contributed by atoms with Crippen LogP contribution in [-0.2, 0) is 4.79 Å². The van der Waals surface area contributed by atoms with Gasteiger partial charge in [-0.05, 0) is 13.0 Å².